The van der Waals surface area contributed by atoms with E-state index in [-0.39, 0.29) is 24.8 Å². The summed E-state index contributed by atoms with van der Waals surface area (Å²) in [6.45, 7) is 0. The van der Waals surface area contributed by atoms with Crippen molar-refractivity contribution in [1.82, 2.24) is 4.98 Å². The molecular weight excluding hydrogens is 218 g/mol. The second-order valence-corrected chi connectivity index (χ2v) is 2.86. The quantitative estimate of drug-likeness (QED) is 0.746. The maximum atomic E-state index is 10.9. The number of halogens is 1. The molecule has 0 saturated carbocycles. The second-order valence-electron chi connectivity index (χ2n) is 2.86. The monoisotopic (exact) mass is 231 g/mol. The number of hydrogen-bond acceptors (Lipinski definition) is 5. The summed E-state index contributed by atoms with van der Waals surface area (Å²) in [7, 11) is 1.32. The van der Waals surface area contributed by atoms with Crippen molar-refractivity contribution in [1.29, 1.82) is 0 Å². The molecule has 84 valence electrons. The number of aromatic nitrogens is 1. The highest BCUT2D eigenvalue weighted by atomic mass is 35.5. The molecule has 15 heavy (non-hydrogen) atoms. The summed E-state index contributed by atoms with van der Waals surface area (Å²) >= 11 is 0. The minimum Gasteiger partial charge on any atom is -0.469 e. The first-order chi connectivity index (χ1) is 6.65. The number of pyridine rings is 1. The van der Waals surface area contributed by atoms with E-state index in [1.54, 1.807) is 18.3 Å². The molecule has 0 spiro atoms. The van der Waals surface area contributed by atoms with E-state index in [2.05, 4.69) is 9.72 Å². The van der Waals surface area contributed by atoms with Crippen molar-refractivity contribution >= 4 is 24.2 Å². The van der Waals surface area contributed by atoms with Crippen molar-refractivity contribution in [3.8, 4) is 0 Å². The zero-order valence-corrected chi connectivity index (χ0v) is 9.16. The minimum absolute atomic E-state index is 0. The predicted octanol–water partition coefficient (Wildman–Crippen LogP) is 0.648. The van der Waals surface area contributed by atoms with Crippen LogP contribution >= 0.6 is 12.4 Å². The molecule has 1 aromatic rings. The normalized spacial score (nSPS) is 11.3. The number of esters is 1. The van der Waals surface area contributed by atoms with Crippen LogP contribution in [0.1, 0.15) is 18.0 Å². The van der Waals surface area contributed by atoms with Crippen molar-refractivity contribution in [3.63, 3.8) is 0 Å². The lowest BCUT2D eigenvalue weighted by Gasteiger charge is -2.11. The standard InChI is InChI=1S/C9H13N3O2.ClH/c1-14-8(13)5-7(10)6-3-2-4-12-9(6)11;/h2-4,7H,5,10H2,1H3,(H2,11,12);1H/t7-;/m0./s1. The number of nitrogens with zero attached hydrogens (tertiary/aromatic N) is 1. The number of hydrogen-bond donors (Lipinski definition) is 2. The zero-order valence-electron chi connectivity index (χ0n) is 8.34. The molecule has 0 aliphatic carbocycles. The summed E-state index contributed by atoms with van der Waals surface area (Å²) < 4.78 is 4.50. The summed E-state index contributed by atoms with van der Waals surface area (Å²) in [5.41, 5.74) is 12.0. The Hall–Kier alpha value is -1.33. The first kappa shape index (κ1) is 13.7. The van der Waals surface area contributed by atoms with Crippen LogP contribution in [0.2, 0.25) is 0 Å². The molecule has 0 aromatic carbocycles. The maximum absolute atomic E-state index is 10.9. The van der Waals surface area contributed by atoms with Crippen LogP contribution in [0.5, 0.6) is 0 Å². The van der Waals surface area contributed by atoms with Crippen LogP contribution in [-0.4, -0.2) is 18.1 Å². The van der Waals surface area contributed by atoms with E-state index in [1.165, 1.54) is 7.11 Å². The van der Waals surface area contributed by atoms with E-state index in [9.17, 15) is 4.79 Å². The molecule has 0 saturated heterocycles. The molecule has 5 nitrogen and oxygen atoms in total. The smallest absolute Gasteiger partial charge is 0.307 e. The van der Waals surface area contributed by atoms with Crippen molar-refractivity contribution < 1.29 is 9.53 Å². The van der Waals surface area contributed by atoms with Crippen molar-refractivity contribution in [2.45, 2.75) is 12.5 Å². The Morgan fingerprint density at radius 3 is 2.87 bits per heavy atom. The van der Waals surface area contributed by atoms with Gasteiger partial charge in [0.2, 0.25) is 0 Å². The molecular formula is C9H14ClN3O2. The predicted molar refractivity (Wildman–Crippen MR) is 59.5 cm³/mol. The van der Waals surface area contributed by atoms with Crippen LogP contribution in [0.4, 0.5) is 5.82 Å². The molecule has 1 aromatic heterocycles. The van der Waals surface area contributed by atoms with Crippen molar-refractivity contribution in [2.24, 2.45) is 5.73 Å². The highest BCUT2D eigenvalue weighted by molar-refractivity contribution is 5.85. The average molecular weight is 232 g/mol. The molecule has 0 radical (unpaired) electrons. The number of nitrogens with two attached hydrogens (primary N) is 2. The Kier molecular flexibility index (Phi) is 5.66. The van der Waals surface area contributed by atoms with Gasteiger partial charge in [-0.2, -0.15) is 0 Å². The SMILES string of the molecule is COC(=O)C[C@H](N)c1cccnc1N.Cl. The summed E-state index contributed by atoms with van der Waals surface area (Å²) in [5, 5.41) is 0. The van der Waals surface area contributed by atoms with E-state index in [0.29, 0.717) is 11.4 Å². The zero-order chi connectivity index (χ0) is 10.6. The van der Waals surface area contributed by atoms with Gasteiger partial charge in [0.1, 0.15) is 5.82 Å². The summed E-state index contributed by atoms with van der Waals surface area (Å²) in [5.74, 6) is -0.00958. The molecule has 0 aliphatic rings. The first-order valence-corrected chi connectivity index (χ1v) is 4.18. The van der Waals surface area contributed by atoms with E-state index >= 15 is 0 Å². The highest BCUT2D eigenvalue weighted by Gasteiger charge is 2.14. The van der Waals surface area contributed by atoms with Crippen LogP contribution in [-0.2, 0) is 9.53 Å². The lowest BCUT2D eigenvalue weighted by molar-refractivity contribution is -0.141. The fourth-order valence-electron chi connectivity index (χ4n) is 1.12. The number of rotatable bonds is 3. The van der Waals surface area contributed by atoms with Gasteiger partial charge in [-0.25, -0.2) is 4.98 Å². The van der Waals surface area contributed by atoms with E-state index in [1.807, 2.05) is 0 Å². The number of carbonyl (C=O) groups is 1. The maximum Gasteiger partial charge on any atom is 0.307 e. The van der Waals surface area contributed by atoms with Gasteiger partial charge in [0, 0.05) is 17.8 Å². The molecule has 1 rings (SSSR count). The van der Waals surface area contributed by atoms with Crippen LogP contribution in [0, 0.1) is 0 Å². The van der Waals surface area contributed by atoms with Gasteiger partial charge >= 0.3 is 5.97 Å². The Bertz CT molecular complexity index is 333. The van der Waals surface area contributed by atoms with Crippen molar-refractivity contribution in [2.75, 3.05) is 12.8 Å². The van der Waals surface area contributed by atoms with Gasteiger partial charge in [0.25, 0.3) is 0 Å². The van der Waals surface area contributed by atoms with Crippen LogP contribution in [0.25, 0.3) is 0 Å². The highest BCUT2D eigenvalue weighted by Crippen LogP contribution is 2.18. The van der Waals surface area contributed by atoms with Crippen molar-refractivity contribution in [3.05, 3.63) is 23.9 Å². The molecule has 1 atom stereocenters. The summed E-state index contributed by atoms with van der Waals surface area (Å²) in [4.78, 5) is 14.8. The van der Waals surface area contributed by atoms with Gasteiger partial charge in [0.05, 0.1) is 13.5 Å². The summed E-state index contributed by atoms with van der Waals surface area (Å²) in [6.07, 6.45) is 1.68. The first-order valence-electron chi connectivity index (χ1n) is 4.18. The lowest BCUT2D eigenvalue weighted by atomic mass is 10.1. The third-order valence-corrected chi connectivity index (χ3v) is 1.88. The number of ether oxygens (including phenoxy) is 1. The average Bonchev–Trinajstić information content (AvgIpc) is 2.18. The third kappa shape index (κ3) is 3.73. The molecule has 0 bridgehead atoms. The third-order valence-electron chi connectivity index (χ3n) is 1.88. The Labute approximate surface area is 94.2 Å². The lowest BCUT2D eigenvalue weighted by Crippen LogP contribution is -2.18. The Morgan fingerprint density at radius 2 is 2.33 bits per heavy atom. The van der Waals surface area contributed by atoms with Gasteiger partial charge in [-0.05, 0) is 6.07 Å². The van der Waals surface area contributed by atoms with Crippen LogP contribution < -0.4 is 11.5 Å². The number of anilines is 1. The Balaban J connectivity index is 0.00000196. The fraction of sp³-hybridized carbons (Fsp3) is 0.333. The van der Waals surface area contributed by atoms with Gasteiger partial charge in [-0.1, -0.05) is 6.07 Å². The van der Waals surface area contributed by atoms with E-state index < -0.39 is 6.04 Å². The minimum atomic E-state index is -0.462. The summed E-state index contributed by atoms with van der Waals surface area (Å²) in [6, 6.07) is 3.01. The molecule has 4 N–H and O–H groups in total. The molecule has 6 heteroatoms. The molecule has 0 fully saturated rings. The second kappa shape index (κ2) is 6.21. The number of nitrogen functional groups attached to an aromatic ring is 1. The van der Waals surface area contributed by atoms with Crippen LogP contribution in [0.15, 0.2) is 18.3 Å². The largest absolute Gasteiger partial charge is 0.469 e. The Morgan fingerprint density at radius 1 is 1.67 bits per heavy atom. The molecule has 0 amide bonds. The molecule has 1 heterocycles. The van der Waals surface area contributed by atoms with Gasteiger partial charge in [-0.15, -0.1) is 12.4 Å². The van der Waals surface area contributed by atoms with Gasteiger partial charge < -0.3 is 16.2 Å². The number of methoxy groups -OCH3 is 1. The van der Waals surface area contributed by atoms with Gasteiger partial charge in [-0.3, -0.25) is 4.79 Å². The number of carbonyl (C=O) groups excluding carboxylic acids is 1. The van der Waals surface area contributed by atoms with E-state index in [0.717, 1.165) is 0 Å². The van der Waals surface area contributed by atoms with E-state index in [4.69, 9.17) is 11.5 Å². The molecule has 0 unspecified atom stereocenters. The molecule has 0 aliphatic heterocycles. The van der Waals surface area contributed by atoms with Crippen LogP contribution in [0.3, 0.4) is 0 Å². The topological polar surface area (TPSA) is 91.2 Å². The fourth-order valence-corrected chi connectivity index (χ4v) is 1.12. The van der Waals surface area contributed by atoms with Gasteiger partial charge in [0.15, 0.2) is 0 Å².